The van der Waals surface area contributed by atoms with E-state index in [-0.39, 0.29) is 27.3 Å². The van der Waals surface area contributed by atoms with Crippen LogP contribution in [0.4, 0.5) is 0 Å². The quantitative estimate of drug-likeness (QED) is 0.862. The van der Waals surface area contributed by atoms with E-state index >= 15 is 0 Å². The third-order valence-electron chi connectivity index (χ3n) is 3.57. The lowest BCUT2D eigenvalue weighted by Crippen LogP contribution is -2.34. The van der Waals surface area contributed by atoms with Crippen molar-refractivity contribution in [1.29, 1.82) is 0 Å². The third kappa shape index (κ3) is 2.91. The fraction of sp³-hybridized carbons (Fsp3) is 0.583. The smallest absolute Gasteiger partial charge is 0.289 e. The van der Waals surface area contributed by atoms with E-state index in [1.165, 1.54) is 6.07 Å². The van der Waals surface area contributed by atoms with Gasteiger partial charge < -0.3 is 9.32 Å². The van der Waals surface area contributed by atoms with E-state index in [2.05, 4.69) is 15.9 Å². The number of primary sulfonamides is 1. The van der Waals surface area contributed by atoms with Crippen molar-refractivity contribution in [3.05, 3.63) is 16.5 Å². The number of halogens is 1. The summed E-state index contributed by atoms with van der Waals surface area (Å²) in [6.45, 7) is 0.729. The van der Waals surface area contributed by atoms with E-state index in [1.807, 2.05) is 0 Å². The fourth-order valence-corrected chi connectivity index (χ4v) is 3.66. The molecule has 2 N–H and O–H groups in total. The molecule has 8 heteroatoms. The van der Waals surface area contributed by atoms with Crippen LogP contribution in [0.25, 0.3) is 0 Å². The van der Waals surface area contributed by atoms with Crippen LogP contribution in [0, 0.1) is 5.92 Å². The Morgan fingerprint density at radius 2 is 2.05 bits per heavy atom. The summed E-state index contributed by atoms with van der Waals surface area (Å²) in [6, 6.07) is 1.47. The lowest BCUT2D eigenvalue weighted by atomic mass is 10.3. The summed E-state index contributed by atoms with van der Waals surface area (Å²) in [7, 11) is -3.90. The second-order valence-electron chi connectivity index (χ2n) is 5.43. The van der Waals surface area contributed by atoms with Gasteiger partial charge in [-0.25, -0.2) is 13.6 Å². The molecule has 1 aromatic heterocycles. The first kappa shape index (κ1) is 14.1. The number of rotatable bonds is 5. The van der Waals surface area contributed by atoms with Crippen molar-refractivity contribution in [3.8, 4) is 0 Å². The molecular weight excluding hydrogens is 348 g/mol. The molecule has 1 heterocycles. The summed E-state index contributed by atoms with van der Waals surface area (Å²) in [5.41, 5.74) is 0. The topological polar surface area (TPSA) is 93.6 Å². The van der Waals surface area contributed by atoms with Gasteiger partial charge >= 0.3 is 0 Å². The van der Waals surface area contributed by atoms with Crippen molar-refractivity contribution >= 4 is 31.9 Å². The van der Waals surface area contributed by atoms with Crippen LogP contribution in [-0.2, 0) is 10.0 Å². The Labute approximate surface area is 125 Å². The molecule has 0 bridgehead atoms. The van der Waals surface area contributed by atoms with Gasteiger partial charge in [-0.05, 0) is 47.5 Å². The van der Waals surface area contributed by atoms with Gasteiger partial charge in [0.05, 0.1) is 0 Å². The number of carbonyl (C=O) groups excluding carboxylic acids is 1. The van der Waals surface area contributed by atoms with Crippen LogP contribution in [0.15, 0.2) is 20.0 Å². The number of hydrogen-bond acceptors (Lipinski definition) is 4. The first-order valence-corrected chi connectivity index (χ1v) is 8.83. The Hall–Kier alpha value is -0.860. The van der Waals surface area contributed by atoms with Crippen molar-refractivity contribution in [1.82, 2.24) is 4.90 Å². The minimum atomic E-state index is -3.90. The predicted octanol–water partition coefficient (Wildman–Crippen LogP) is 1.70. The Morgan fingerprint density at radius 1 is 1.40 bits per heavy atom. The zero-order valence-corrected chi connectivity index (χ0v) is 13.1. The van der Waals surface area contributed by atoms with Gasteiger partial charge in [-0.15, -0.1) is 0 Å². The monoisotopic (exact) mass is 362 g/mol. The predicted molar refractivity (Wildman–Crippen MR) is 74.6 cm³/mol. The largest absolute Gasteiger partial charge is 0.443 e. The molecule has 20 heavy (non-hydrogen) atoms. The van der Waals surface area contributed by atoms with Crippen molar-refractivity contribution in [2.45, 2.75) is 36.6 Å². The van der Waals surface area contributed by atoms with Crippen molar-refractivity contribution in [2.75, 3.05) is 6.54 Å². The number of sulfonamides is 1. The molecule has 2 saturated carbocycles. The van der Waals surface area contributed by atoms with Crippen LogP contribution in [0.2, 0.25) is 0 Å². The fourth-order valence-electron chi connectivity index (χ4n) is 2.16. The Bertz CT molecular complexity index is 646. The summed E-state index contributed by atoms with van der Waals surface area (Å²) in [6.07, 6.45) is 4.31. The van der Waals surface area contributed by atoms with Crippen LogP contribution in [0.1, 0.15) is 36.2 Å². The van der Waals surface area contributed by atoms with E-state index in [4.69, 9.17) is 9.56 Å². The molecule has 0 saturated heterocycles. The normalized spacial score (nSPS) is 19.1. The van der Waals surface area contributed by atoms with Gasteiger partial charge in [0.15, 0.2) is 10.4 Å². The number of nitrogens with two attached hydrogens (primary N) is 1. The number of carbonyl (C=O) groups is 1. The molecule has 3 rings (SSSR count). The molecule has 2 aliphatic carbocycles. The summed E-state index contributed by atoms with van der Waals surface area (Å²) < 4.78 is 27.9. The Balaban J connectivity index is 1.85. The molecule has 2 fully saturated rings. The summed E-state index contributed by atoms with van der Waals surface area (Å²) in [5, 5.41) is 5.07. The van der Waals surface area contributed by atoms with E-state index in [9.17, 15) is 13.2 Å². The van der Waals surface area contributed by atoms with Gasteiger partial charge in [0.2, 0.25) is 10.0 Å². The average molecular weight is 363 g/mol. The number of amides is 1. The van der Waals surface area contributed by atoms with Crippen LogP contribution in [0.3, 0.4) is 0 Å². The average Bonchev–Trinajstić information content (AvgIpc) is 3.23. The van der Waals surface area contributed by atoms with Crippen LogP contribution < -0.4 is 5.14 Å². The van der Waals surface area contributed by atoms with Gasteiger partial charge in [0.1, 0.15) is 4.90 Å². The second-order valence-corrected chi connectivity index (χ2v) is 7.68. The van der Waals surface area contributed by atoms with Crippen LogP contribution in [-0.4, -0.2) is 31.8 Å². The highest BCUT2D eigenvalue weighted by molar-refractivity contribution is 9.10. The van der Waals surface area contributed by atoms with Gasteiger partial charge in [-0.3, -0.25) is 4.79 Å². The minimum absolute atomic E-state index is 0.0217. The number of furan rings is 1. The molecule has 0 spiro atoms. The summed E-state index contributed by atoms with van der Waals surface area (Å²) in [4.78, 5) is 14.1. The molecule has 0 unspecified atom stereocenters. The van der Waals surface area contributed by atoms with Gasteiger partial charge in [-0.1, -0.05) is 0 Å². The number of nitrogens with zero attached hydrogens (tertiary/aromatic N) is 1. The molecule has 1 amide bonds. The lowest BCUT2D eigenvalue weighted by molar-refractivity contribution is 0.0701. The number of hydrogen-bond donors (Lipinski definition) is 1. The SMILES string of the molecule is NS(=O)(=O)c1cc(C(=O)N(CC2CC2)C2CC2)oc1Br. The molecule has 110 valence electrons. The Kier molecular flexibility index (Phi) is 3.42. The zero-order valence-electron chi connectivity index (χ0n) is 10.7. The van der Waals surface area contributed by atoms with Gasteiger partial charge in [0.25, 0.3) is 5.91 Å². The zero-order chi connectivity index (χ0) is 14.5. The van der Waals surface area contributed by atoms with Gasteiger partial charge in [0, 0.05) is 18.7 Å². The molecule has 0 atom stereocenters. The molecular formula is C12H15BrN2O4S. The van der Waals surface area contributed by atoms with Crippen LogP contribution in [0.5, 0.6) is 0 Å². The highest BCUT2D eigenvalue weighted by Gasteiger charge is 2.38. The highest BCUT2D eigenvalue weighted by atomic mass is 79.9. The first-order chi connectivity index (χ1) is 9.36. The maximum absolute atomic E-state index is 12.5. The van der Waals surface area contributed by atoms with E-state index < -0.39 is 10.0 Å². The molecule has 2 aliphatic rings. The first-order valence-electron chi connectivity index (χ1n) is 6.49. The molecule has 0 radical (unpaired) electrons. The maximum atomic E-state index is 12.5. The summed E-state index contributed by atoms with van der Waals surface area (Å²) in [5.74, 6) is 0.346. The Morgan fingerprint density at radius 3 is 2.50 bits per heavy atom. The minimum Gasteiger partial charge on any atom is -0.443 e. The van der Waals surface area contributed by atoms with Crippen molar-refractivity contribution < 1.29 is 17.6 Å². The van der Waals surface area contributed by atoms with E-state index in [0.717, 1.165) is 32.2 Å². The van der Waals surface area contributed by atoms with Crippen molar-refractivity contribution in [2.24, 2.45) is 11.1 Å². The summed E-state index contributed by atoms with van der Waals surface area (Å²) >= 11 is 2.99. The molecule has 1 aromatic rings. The van der Waals surface area contributed by atoms with Crippen molar-refractivity contribution in [3.63, 3.8) is 0 Å². The van der Waals surface area contributed by atoms with E-state index in [1.54, 1.807) is 4.90 Å². The molecule has 0 aromatic carbocycles. The highest BCUT2D eigenvalue weighted by Crippen LogP contribution is 2.36. The molecule has 0 aliphatic heterocycles. The lowest BCUT2D eigenvalue weighted by Gasteiger charge is -2.20. The van der Waals surface area contributed by atoms with Gasteiger partial charge in [-0.2, -0.15) is 0 Å². The molecule has 6 nitrogen and oxygen atoms in total. The standard InChI is InChI=1S/C12H15BrN2O4S/c13-11-10(20(14,17)18)5-9(19-11)12(16)15(8-3-4-8)6-7-1-2-7/h5,7-8H,1-4,6H2,(H2,14,17,18). The third-order valence-corrected chi connectivity index (χ3v) is 5.34. The van der Waals surface area contributed by atoms with Crippen LogP contribution >= 0.6 is 15.9 Å². The second kappa shape index (κ2) is 4.85. The maximum Gasteiger partial charge on any atom is 0.289 e. The van der Waals surface area contributed by atoms with E-state index in [0.29, 0.717) is 5.92 Å².